The molecule has 5 aliphatic carbocycles. The van der Waals surface area contributed by atoms with E-state index in [0.717, 1.165) is 43.1 Å². The molecule has 0 N–H and O–H groups in total. The molecule has 7 unspecified atom stereocenters. The summed E-state index contributed by atoms with van der Waals surface area (Å²) in [5.74, 6) is 5.37. The molecular formula is C24H30O2. The van der Waals surface area contributed by atoms with Gasteiger partial charge in [0.15, 0.2) is 0 Å². The Hall–Kier alpha value is -1.15. The number of carbonyl (C=O) groups excluding carboxylic acids is 1. The monoisotopic (exact) mass is 350 g/mol. The molecule has 0 aromatic rings. The Morgan fingerprint density at radius 1 is 1.31 bits per heavy atom. The number of carbonyl (C=O) groups is 1. The highest BCUT2D eigenvalue weighted by molar-refractivity contribution is 5.82. The molecule has 138 valence electrons. The van der Waals surface area contributed by atoms with Gasteiger partial charge in [-0.25, -0.2) is 0 Å². The summed E-state index contributed by atoms with van der Waals surface area (Å²) in [6, 6.07) is 0. The van der Waals surface area contributed by atoms with Crippen molar-refractivity contribution in [3.8, 4) is 0 Å². The molecule has 4 saturated carbocycles. The minimum Gasteiger partial charge on any atom is -0.366 e. The molecule has 0 aromatic carbocycles. The summed E-state index contributed by atoms with van der Waals surface area (Å²) in [7, 11) is 0. The average Bonchev–Trinajstić information content (AvgIpc) is 3.20. The van der Waals surface area contributed by atoms with Crippen molar-refractivity contribution in [2.45, 2.75) is 51.0 Å². The highest BCUT2D eigenvalue weighted by Crippen LogP contribution is 2.77. The smallest absolute Gasteiger partial charge is 0.136 e. The first-order valence-corrected chi connectivity index (χ1v) is 10.8. The van der Waals surface area contributed by atoms with E-state index in [4.69, 9.17) is 4.74 Å². The SMILES string of the molecule is C=CC1C=C2CC(=O)CCC2C2CC[C@@]3(C)C(C4CC4[C@@]34C=CCO4)C12. The van der Waals surface area contributed by atoms with E-state index in [0.29, 0.717) is 30.0 Å². The van der Waals surface area contributed by atoms with Crippen molar-refractivity contribution < 1.29 is 9.53 Å². The van der Waals surface area contributed by atoms with Gasteiger partial charge in [0, 0.05) is 18.3 Å². The lowest BCUT2D eigenvalue weighted by molar-refractivity contribution is -0.134. The Labute approximate surface area is 156 Å². The van der Waals surface area contributed by atoms with E-state index in [2.05, 4.69) is 37.8 Å². The van der Waals surface area contributed by atoms with Crippen LogP contribution in [0, 0.1) is 46.8 Å². The lowest BCUT2D eigenvalue weighted by atomic mass is 9.47. The molecule has 0 bridgehead atoms. The third-order valence-corrected chi connectivity index (χ3v) is 9.42. The molecule has 2 nitrogen and oxygen atoms in total. The maximum Gasteiger partial charge on any atom is 0.136 e. The first-order valence-electron chi connectivity index (χ1n) is 10.8. The van der Waals surface area contributed by atoms with Crippen molar-refractivity contribution in [1.82, 2.24) is 0 Å². The third kappa shape index (κ3) is 1.71. The number of rotatable bonds is 1. The zero-order valence-electron chi connectivity index (χ0n) is 15.8. The fraction of sp³-hybridized carbons (Fsp3) is 0.708. The van der Waals surface area contributed by atoms with Crippen LogP contribution in [0.1, 0.15) is 45.4 Å². The van der Waals surface area contributed by atoms with Gasteiger partial charge in [0.05, 0.1) is 12.2 Å². The summed E-state index contributed by atoms with van der Waals surface area (Å²) in [6.07, 6.45) is 15.9. The molecule has 6 rings (SSSR count). The van der Waals surface area contributed by atoms with E-state index in [1.807, 2.05) is 0 Å². The molecule has 4 fully saturated rings. The molecule has 1 spiro atoms. The van der Waals surface area contributed by atoms with E-state index < -0.39 is 0 Å². The highest BCUT2D eigenvalue weighted by atomic mass is 16.5. The Kier molecular flexibility index (Phi) is 3.06. The maximum atomic E-state index is 12.0. The largest absolute Gasteiger partial charge is 0.366 e. The van der Waals surface area contributed by atoms with Crippen molar-refractivity contribution in [2.24, 2.45) is 46.8 Å². The summed E-state index contributed by atoms with van der Waals surface area (Å²) in [5.41, 5.74) is 1.75. The quantitative estimate of drug-likeness (QED) is 0.640. The van der Waals surface area contributed by atoms with Gasteiger partial charge >= 0.3 is 0 Å². The van der Waals surface area contributed by atoms with Crippen molar-refractivity contribution >= 4 is 5.78 Å². The molecule has 1 heterocycles. The van der Waals surface area contributed by atoms with Crippen LogP contribution in [-0.4, -0.2) is 18.0 Å². The van der Waals surface area contributed by atoms with Crippen LogP contribution >= 0.6 is 0 Å². The van der Waals surface area contributed by atoms with E-state index in [9.17, 15) is 4.79 Å². The normalized spacial score (nSPS) is 56.4. The second-order valence-electron chi connectivity index (χ2n) is 10.2. The van der Waals surface area contributed by atoms with Crippen molar-refractivity contribution in [2.75, 3.05) is 6.61 Å². The van der Waals surface area contributed by atoms with E-state index in [1.165, 1.54) is 24.8 Å². The van der Waals surface area contributed by atoms with Gasteiger partial charge in [-0.3, -0.25) is 4.79 Å². The van der Waals surface area contributed by atoms with Crippen molar-refractivity contribution in [3.63, 3.8) is 0 Å². The number of fused-ring (bicyclic) bond motifs is 9. The number of hydrogen-bond donors (Lipinski definition) is 0. The van der Waals surface area contributed by atoms with Gasteiger partial charge < -0.3 is 4.74 Å². The van der Waals surface area contributed by atoms with Crippen LogP contribution in [0.3, 0.4) is 0 Å². The minimum atomic E-state index is 0.0194. The predicted octanol–water partition coefficient (Wildman–Crippen LogP) is 4.72. The second kappa shape index (κ2) is 5.01. The summed E-state index contributed by atoms with van der Waals surface area (Å²) < 4.78 is 6.50. The van der Waals surface area contributed by atoms with E-state index >= 15 is 0 Å². The predicted molar refractivity (Wildman–Crippen MR) is 101 cm³/mol. The number of ketones is 1. The minimum absolute atomic E-state index is 0.0194. The van der Waals surface area contributed by atoms with Gasteiger partial charge in [-0.2, -0.15) is 0 Å². The molecule has 9 atom stereocenters. The summed E-state index contributed by atoms with van der Waals surface area (Å²) in [6.45, 7) is 7.57. The number of hydrogen-bond acceptors (Lipinski definition) is 2. The van der Waals surface area contributed by atoms with Crippen LogP contribution in [0.4, 0.5) is 0 Å². The third-order valence-electron chi connectivity index (χ3n) is 9.42. The van der Waals surface area contributed by atoms with Gasteiger partial charge in [0.1, 0.15) is 5.78 Å². The van der Waals surface area contributed by atoms with Crippen LogP contribution in [0.15, 0.2) is 36.5 Å². The first-order chi connectivity index (χ1) is 12.6. The fourth-order valence-electron chi connectivity index (χ4n) is 8.50. The van der Waals surface area contributed by atoms with Crippen LogP contribution in [0.5, 0.6) is 0 Å². The molecule has 1 aliphatic heterocycles. The van der Waals surface area contributed by atoms with Crippen LogP contribution in [-0.2, 0) is 9.53 Å². The number of ether oxygens (including phenoxy) is 1. The standard InChI is InChI=1S/C24H30O2/c1-3-14-11-15-12-16(25)5-6-17(15)18-7-9-23(2)22(21(14)18)19-13-20(19)24(23)8-4-10-26-24/h3-4,8,11,14,17-22H,1,5-7,9-10,12-13H2,2H3/t14?,17?,18?,19?,20?,21?,22?,23-,24-/m0/s1. The summed E-state index contributed by atoms with van der Waals surface area (Å²) in [5, 5.41) is 0. The molecule has 0 amide bonds. The number of Topliss-reactive ketones (excluding diaryl/α,β-unsaturated/α-hetero) is 1. The first kappa shape index (κ1) is 15.9. The molecule has 0 aromatic heterocycles. The van der Waals surface area contributed by atoms with Crippen molar-refractivity contribution in [1.29, 1.82) is 0 Å². The Morgan fingerprint density at radius 2 is 2.19 bits per heavy atom. The van der Waals surface area contributed by atoms with Crippen LogP contribution in [0.2, 0.25) is 0 Å². The maximum absolute atomic E-state index is 12.0. The second-order valence-corrected chi connectivity index (χ2v) is 10.2. The molecule has 26 heavy (non-hydrogen) atoms. The average molecular weight is 351 g/mol. The van der Waals surface area contributed by atoms with Crippen LogP contribution < -0.4 is 0 Å². The number of allylic oxidation sites excluding steroid dienone is 3. The molecule has 2 heteroatoms. The molecule has 0 radical (unpaired) electrons. The lowest BCUT2D eigenvalue weighted by Gasteiger charge is -2.58. The molecule has 0 saturated heterocycles. The Balaban J connectivity index is 1.44. The van der Waals surface area contributed by atoms with Crippen molar-refractivity contribution in [3.05, 3.63) is 36.5 Å². The topological polar surface area (TPSA) is 26.3 Å². The Morgan fingerprint density at radius 3 is 2.96 bits per heavy atom. The Bertz CT molecular complexity index is 747. The highest BCUT2D eigenvalue weighted by Gasteiger charge is 2.76. The summed E-state index contributed by atoms with van der Waals surface area (Å²) in [4.78, 5) is 12.0. The van der Waals surface area contributed by atoms with E-state index in [-0.39, 0.29) is 11.0 Å². The van der Waals surface area contributed by atoms with Crippen LogP contribution in [0.25, 0.3) is 0 Å². The zero-order valence-corrected chi connectivity index (χ0v) is 15.8. The van der Waals surface area contributed by atoms with E-state index in [1.54, 1.807) is 0 Å². The summed E-state index contributed by atoms with van der Waals surface area (Å²) >= 11 is 0. The van der Waals surface area contributed by atoms with Gasteiger partial charge in [0.25, 0.3) is 0 Å². The van der Waals surface area contributed by atoms with Gasteiger partial charge in [-0.15, -0.1) is 6.58 Å². The van der Waals surface area contributed by atoms with Gasteiger partial charge in [-0.1, -0.05) is 36.8 Å². The van der Waals surface area contributed by atoms with Gasteiger partial charge in [0.2, 0.25) is 0 Å². The molecular weight excluding hydrogens is 320 g/mol. The van der Waals surface area contributed by atoms with Gasteiger partial charge in [-0.05, 0) is 67.1 Å². The lowest BCUT2D eigenvalue weighted by Crippen LogP contribution is -2.55. The zero-order chi connectivity index (χ0) is 17.7. The molecule has 6 aliphatic rings. The fourth-order valence-corrected chi connectivity index (χ4v) is 8.50.